The average Bonchev–Trinajstić information content (AvgIpc) is 2.62. The Hall–Kier alpha value is -0.900. The summed E-state index contributed by atoms with van der Waals surface area (Å²) in [6.07, 6.45) is 3.49. The molecular weight excluding hydrogens is 236 g/mol. The van der Waals surface area contributed by atoms with Gasteiger partial charge in [-0.2, -0.15) is 0 Å². The Morgan fingerprint density at radius 2 is 2.26 bits per heavy atom. The second-order valence-electron chi connectivity index (χ2n) is 5.32. The summed E-state index contributed by atoms with van der Waals surface area (Å²) in [4.78, 5) is 0. The van der Waals surface area contributed by atoms with Gasteiger partial charge in [-0.05, 0) is 30.5 Å². The van der Waals surface area contributed by atoms with Gasteiger partial charge < -0.3 is 15.4 Å². The lowest BCUT2D eigenvalue weighted by Gasteiger charge is -2.25. The Morgan fingerprint density at radius 3 is 3.05 bits per heavy atom. The normalized spacial score (nSPS) is 20.6. The van der Waals surface area contributed by atoms with Crippen LogP contribution in [0.3, 0.4) is 0 Å². The SMILES string of the molecule is CCCC(COC)NC1CCNCc2ccccc21. The molecule has 0 radical (unpaired) electrons. The second-order valence-corrected chi connectivity index (χ2v) is 5.32. The molecule has 0 aromatic heterocycles. The van der Waals surface area contributed by atoms with Crippen molar-refractivity contribution in [1.29, 1.82) is 0 Å². The predicted octanol–water partition coefficient (Wildman–Crippen LogP) is 2.63. The first-order valence-corrected chi connectivity index (χ1v) is 7.38. The molecule has 0 bridgehead atoms. The van der Waals surface area contributed by atoms with Crippen LogP contribution in [0.4, 0.5) is 0 Å². The molecule has 2 unspecified atom stereocenters. The van der Waals surface area contributed by atoms with Crippen LogP contribution in [0, 0.1) is 0 Å². The summed E-state index contributed by atoms with van der Waals surface area (Å²) >= 11 is 0. The quantitative estimate of drug-likeness (QED) is 0.827. The molecular formula is C16H26N2O. The minimum Gasteiger partial charge on any atom is -0.383 e. The average molecular weight is 262 g/mol. The summed E-state index contributed by atoms with van der Waals surface area (Å²) in [5.74, 6) is 0. The zero-order valence-corrected chi connectivity index (χ0v) is 12.1. The highest BCUT2D eigenvalue weighted by Crippen LogP contribution is 2.24. The van der Waals surface area contributed by atoms with Gasteiger partial charge in [-0.3, -0.25) is 0 Å². The molecule has 1 aromatic rings. The molecule has 2 rings (SSSR count). The molecule has 1 aliphatic heterocycles. The molecule has 0 amide bonds. The standard InChI is InChI=1S/C16H26N2O/c1-3-6-14(12-19-2)18-16-9-10-17-11-13-7-4-5-8-15(13)16/h4-5,7-8,14,16-18H,3,6,9-12H2,1-2H3. The van der Waals surface area contributed by atoms with Crippen LogP contribution in [0.2, 0.25) is 0 Å². The molecule has 3 nitrogen and oxygen atoms in total. The van der Waals surface area contributed by atoms with Crippen LogP contribution in [0.15, 0.2) is 24.3 Å². The minimum atomic E-state index is 0.442. The van der Waals surface area contributed by atoms with Crippen LogP contribution in [-0.2, 0) is 11.3 Å². The Bertz CT molecular complexity index is 375. The van der Waals surface area contributed by atoms with Crippen molar-refractivity contribution in [2.75, 3.05) is 20.3 Å². The van der Waals surface area contributed by atoms with E-state index in [1.165, 1.54) is 24.0 Å². The van der Waals surface area contributed by atoms with E-state index < -0.39 is 0 Å². The fraction of sp³-hybridized carbons (Fsp3) is 0.625. The highest BCUT2D eigenvalue weighted by atomic mass is 16.5. The summed E-state index contributed by atoms with van der Waals surface area (Å²) in [7, 11) is 1.78. The van der Waals surface area contributed by atoms with E-state index >= 15 is 0 Å². The summed E-state index contributed by atoms with van der Waals surface area (Å²) in [6.45, 7) is 5.07. The molecule has 19 heavy (non-hydrogen) atoms. The lowest BCUT2D eigenvalue weighted by Crippen LogP contribution is -2.36. The fourth-order valence-electron chi connectivity index (χ4n) is 2.88. The topological polar surface area (TPSA) is 33.3 Å². The van der Waals surface area contributed by atoms with E-state index in [-0.39, 0.29) is 0 Å². The molecule has 0 saturated heterocycles. The lowest BCUT2D eigenvalue weighted by molar-refractivity contribution is 0.155. The van der Waals surface area contributed by atoms with Gasteiger partial charge in [0.25, 0.3) is 0 Å². The van der Waals surface area contributed by atoms with E-state index in [1.54, 1.807) is 7.11 Å². The van der Waals surface area contributed by atoms with Crippen LogP contribution < -0.4 is 10.6 Å². The van der Waals surface area contributed by atoms with E-state index in [0.29, 0.717) is 12.1 Å². The Labute approximate surface area is 116 Å². The Kier molecular flexibility index (Phi) is 5.83. The summed E-state index contributed by atoms with van der Waals surface area (Å²) in [5, 5.41) is 7.29. The maximum absolute atomic E-state index is 5.34. The van der Waals surface area contributed by atoms with Gasteiger partial charge in [0.1, 0.15) is 0 Å². The molecule has 2 atom stereocenters. The number of methoxy groups -OCH3 is 1. The minimum absolute atomic E-state index is 0.442. The molecule has 1 heterocycles. The van der Waals surface area contributed by atoms with E-state index in [9.17, 15) is 0 Å². The first-order valence-electron chi connectivity index (χ1n) is 7.38. The predicted molar refractivity (Wildman–Crippen MR) is 79.2 cm³/mol. The van der Waals surface area contributed by atoms with E-state index in [2.05, 4.69) is 41.8 Å². The third kappa shape index (κ3) is 4.03. The Morgan fingerprint density at radius 1 is 1.42 bits per heavy atom. The molecule has 1 aliphatic rings. The maximum atomic E-state index is 5.34. The van der Waals surface area contributed by atoms with Gasteiger partial charge >= 0.3 is 0 Å². The first-order chi connectivity index (χ1) is 9.35. The maximum Gasteiger partial charge on any atom is 0.0616 e. The molecule has 0 fully saturated rings. The number of fused-ring (bicyclic) bond motifs is 1. The molecule has 0 spiro atoms. The number of hydrogen-bond donors (Lipinski definition) is 2. The summed E-state index contributed by atoms with van der Waals surface area (Å²) in [6, 6.07) is 9.65. The van der Waals surface area contributed by atoms with Gasteiger partial charge in [0.05, 0.1) is 6.61 Å². The van der Waals surface area contributed by atoms with Crippen LogP contribution in [-0.4, -0.2) is 26.3 Å². The third-order valence-corrected chi connectivity index (χ3v) is 3.80. The molecule has 0 aliphatic carbocycles. The number of rotatable bonds is 6. The number of ether oxygens (including phenoxy) is 1. The van der Waals surface area contributed by atoms with Crippen molar-refractivity contribution in [1.82, 2.24) is 10.6 Å². The molecule has 106 valence electrons. The third-order valence-electron chi connectivity index (χ3n) is 3.80. The van der Waals surface area contributed by atoms with Crippen molar-refractivity contribution in [2.45, 2.75) is 44.8 Å². The zero-order valence-electron chi connectivity index (χ0n) is 12.1. The summed E-state index contributed by atoms with van der Waals surface area (Å²) in [5.41, 5.74) is 2.87. The van der Waals surface area contributed by atoms with E-state index in [1.807, 2.05) is 0 Å². The van der Waals surface area contributed by atoms with Gasteiger partial charge in [0.15, 0.2) is 0 Å². The van der Waals surface area contributed by atoms with Crippen molar-refractivity contribution in [3.05, 3.63) is 35.4 Å². The van der Waals surface area contributed by atoms with E-state index in [0.717, 1.165) is 26.1 Å². The number of benzene rings is 1. The van der Waals surface area contributed by atoms with Crippen LogP contribution in [0.25, 0.3) is 0 Å². The van der Waals surface area contributed by atoms with Gasteiger partial charge in [-0.15, -0.1) is 0 Å². The van der Waals surface area contributed by atoms with Crippen molar-refractivity contribution in [3.8, 4) is 0 Å². The molecule has 0 saturated carbocycles. The van der Waals surface area contributed by atoms with E-state index in [4.69, 9.17) is 4.74 Å². The highest BCUT2D eigenvalue weighted by molar-refractivity contribution is 5.31. The molecule has 1 aromatic carbocycles. The van der Waals surface area contributed by atoms with Gasteiger partial charge in [-0.25, -0.2) is 0 Å². The number of hydrogen-bond acceptors (Lipinski definition) is 3. The molecule has 3 heteroatoms. The fourth-order valence-corrected chi connectivity index (χ4v) is 2.88. The largest absolute Gasteiger partial charge is 0.383 e. The van der Waals surface area contributed by atoms with Crippen LogP contribution in [0.1, 0.15) is 43.4 Å². The van der Waals surface area contributed by atoms with Crippen molar-refractivity contribution in [3.63, 3.8) is 0 Å². The zero-order chi connectivity index (χ0) is 13.5. The lowest BCUT2D eigenvalue weighted by atomic mass is 9.98. The Balaban J connectivity index is 2.10. The highest BCUT2D eigenvalue weighted by Gasteiger charge is 2.20. The van der Waals surface area contributed by atoms with Crippen LogP contribution in [0.5, 0.6) is 0 Å². The number of nitrogens with one attached hydrogen (secondary N) is 2. The second kappa shape index (κ2) is 7.63. The molecule has 2 N–H and O–H groups in total. The monoisotopic (exact) mass is 262 g/mol. The summed E-state index contributed by atoms with van der Waals surface area (Å²) < 4.78 is 5.34. The van der Waals surface area contributed by atoms with Crippen molar-refractivity contribution in [2.24, 2.45) is 0 Å². The van der Waals surface area contributed by atoms with Gasteiger partial charge in [-0.1, -0.05) is 37.6 Å². The van der Waals surface area contributed by atoms with Gasteiger partial charge in [0, 0.05) is 25.7 Å². The van der Waals surface area contributed by atoms with Crippen molar-refractivity contribution >= 4 is 0 Å². The van der Waals surface area contributed by atoms with Crippen molar-refractivity contribution < 1.29 is 4.74 Å². The van der Waals surface area contributed by atoms with Gasteiger partial charge in [0.2, 0.25) is 0 Å². The smallest absolute Gasteiger partial charge is 0.0616 e. The first kappa shape index (κ1) is 14.5. The van der Waals surface area contributed by atoms with Crippen LogP contribution >= 0.6 is 0 Å².